The molecule has 6 rings (SSSR count). The van der Waals surface area contributed by atoms with E-state index in [0.717, 1.165) is 95.0 Å². The first-order valence-electron chi connectivity index (χ1n) is 13.0. The van der Waals surface area contributed by atoms with Gasteiger partial charge >= 0.3 is 0 Å². The summed E-state index contributed by atoms with van der Waals surface area (Å²) in [7, 11) is 0. The Labute approximate surface area is 225 Å². The lowest BCUT2D eigenvalue weighted by molar-refractivity contribution is -0.385. The first-order valence-corrected chi connectivity index (χ1v) is 13.0. The fourth-order valence-electron chi connectivity index (χ4n) is 4.83. The van der Waals surface area contributed by atoms with Crippen molar-refractivity contribution in [3.05, 3.63) is 74.6 Å². The molecule has 13 heteroatoms. The normalized spacial score (nSPS) is 21.0. The third-order valence-corrected chi connectivity index (χ3v) is 6.98. The monoisotopic (exact) mass is 548 g/mol. The molecule has 0 amide bonds. The van der Waals surface area contributed by atoms with Crippen LogP contribution in [0.15, 0.2) is 48.5 Å². The van der Waals surface area contributed by atoms with E-state index in [1.807, 2.05) is 0 Å². The molecule has 2 aromatic carbocycles. The van der Waals surface area contributed by atoms with E-state index in [9.17, 15) is 24.6 Å². The number of hydrogen-bond donors (Lipinski definition) is 1. The van der Waals surface area contributed by atoms with Crippen LogP contribution in [0.3, 0.4) is 0 Å². The van der Waals surface area contributed by atoms with E-state index in [1.54, 1.807) is 24.3 Å². The average Bonchev–Trinajstić information content (AvgIpc) is 3.60. The van der Waals surface area contributed by atoms with Crippen molar-refractivity contribution in [1.82, 2.24) is 5.32 Å². The molecule has 0 atom stereocenters. The maximum absolute atomic E-state index is 12.1. The predicted molar refractivity (Wildman–Crippen MR) is 139 cm³/mol. The Hall–Kier alpha value is -3.23. The first-order chi connectivity index (χ1) is 18.8. The van der Waals surface area contributed by atoms with Crippen LogP contribution in [0.5, 0.6) is 0 Å². The fraction of sp³-hybridized carbons (Fsp3) is 0.538. The molecule has 0 aliphatic carbocycles. The lowest BCUT2D eigenvalue weighted by Gasteiger charge is -2.38. The van der Waals surface area contributed by atoms with E-state index < -0.39 is 10.7 Å². The van der Waals surface area contributed by atoms with Gasteiger partial charge in [-0.25, -0.2) is 4.39 Å². The van der Waals surface area contributed by atoms with Gasteiger partial charge in [0.25, 0.3) is 11.4 Å². The van der Waals surface area contributed by atoms with Crippen molar-refractivity contribution in [1.29, 1.82) is 0 Å². The van der Waals surface area contributed by atoms with Crippen molar-refractivity contribution in [2.24, 2.45) is 0 Å². The quantitative estimate of drug-likeness (QED) is 0.445. The number of hydrogen-bond acceptors (Lipinski definition) is 10. The highest BCUT2D eigenvalue weighted by molar-refractivity contribution is 5.51. The Morgan fingerprint density at radius 3 is 1.54 bits per heavy atom. The van der Waals surface area contributed by atoms with Crippen molar-refractivity contribution in [2.45, 2.75) is 37.3 Å². The van der Waals surface area contributed by atoms with Crippen LogP contribution in [-0.4, -0.2) is 74.0 Å². The number of anilines is 1. The topological polar surface area (TPSA) is 138 Å². The lowest BCUT2D eigenvalue weighted by Crippen LogP contribution is -2.45. The van der Waals surface area contributed by atoms with Gasteiger partial charge in [-0.3, -0.25) is 20.2 Å². The number of nitrogens with one attached hydrogen (secondary N) is 1. The van der Waals surface area contributed by atoms with Crippen molar-refractivity contribution in [3.63, 3.8) is 0 Å². The number of ether oxygens (including phenoxy) is 4. The molecule has 39 heavy (non-hydrogen) atoms. The van der Waals surface area contributed by atoms with Gasteiger partial charge in [-0.15, -0.1) is 0 Å². The van der Waals surface area contributed by atoms with E-state index in [0.29, 0.717) is 13.2 Å². The number of nitro benzene ring substituents is 2. The SMILES string of the molecule is C1CC2(CCN1)OCCO2.O=[N+]([O-])c1ccc(F)cc1.O=[N+]([O-])c1ccc(N2CCC3(CC2)OCCO3)cc1. The van der Waals surface area contributed by atoms with Crippen LogP contribution in [0.1, 0.15) is 25.7 Å². The maximum atomic E-state index is 12.1. The molecule has 212 valence electrons. The van der Waals surface area contributed by atoms with E-state index in [4.69, 9.17) is 18.9 Å². The van der Waals surface area contributed by atoms with E-state index in [1.165, 1.54) is 0 Å². The molecule has 4 fully saturated rings. The Kier molecular flexibility index (Phi) is 9.75. The molecule has 0 aromatic heterocycles. The molecular weight excluding hydrogens is 515 g/mol. The summed E-state index contributed by atoms with van der Waals surface area (Å²) in [5, 5.41) is 23.9. The van der Waals surface area contributed by atoms with Crippen molar-refractivity contribution < 1.29 is 33.2 Å². The molecule has 2 aromatic rings. The summed E-state index contributed by atoms with van der Waals surface area (Å²) in [6.07, 6.45) is 3.69. The third kappa shape index (κ3) is 7.90. The summed E-state index contributed by atoms with van der Waals surface area (Å²) in [5.74, 6) is -1.03. The molecule has 4 saturated heterocycles. The number of nitro groups is 2. The fourth-order valence-corrected chi connectivity index (χ4v) is 4.83. The Morgan fingerprint density at radius 2 is 1.10 bits per heavy atom. The van der Waals surface area contributed by atoms with Gasteiger partial charge < -0.3 is 29.2 Å². The van der Waals surface area contributed by atoms with Crippen LogP contribution in [0, 0.1) is 26.0 Å². The van der Waals surface area contributed by atoms with E-state index >= 15 is 0 Å². The van der Waals surface area contributed by atoms with Crippen molar-refractivity contribution in [2.75, 3.05) is 57.5 Å². The van der Waals surface area contributed by atoms with Crippen LogP contribution in [-0.2, 0) is 18.9 Å². The summed E-state index contributed by atoms with van der Waals surface area (Å²) < 4.78 is 34.5. The molecule has 1 N–H and O–H groups in total. The van der Waals surface area contributed by atoms with Crippen molar-refractivity contribution >= 4 is 17.1 Å². The van der Waals surface area contributed by atoms with Crippen LogP contribution in [0.25, 0.3) is 0 Å². The Balaban J connectivity index is 0.000000149. The van der Waals surface area contributed by atoms with Crippen LogP contribution in [0.2, 0.25) is 0 Å². The maximum Gasteiger partial charge on any atom is 0.269 e. The third-order valence-electron chi connectivity index (χ3n) is 6.98. The molecule has 0 unspecified atom stereocenters. The summed E-state index contributed by atoms with van der Waals surface area (Å²) in [5.41, 5.74) is 1.04. The Morgan fingerprint density at radius 1 is 0.692 bits per heavy atom. The zero-order valence-corrected chi connectivity index (χ0v) is 21.6. The second kappa shape index (κ2) is 13.2. The minimum absolute atomic E-state index is 0.0959. The molecule has 4 heterocycles. The first kappa shape index (κ1) is 28.8. The number of piperidine rings is 2. The van der Waals surface area contributed by atoms with Crippen LogP contribution < -0.4 is 10.2 Å². The van der Waals surface area contributed by atoms with E-state index in [2.05, 4.69) is 10.2 Å². The smallest absolute Gasteiger partial charge is 0.269 e. The summed E-state index contributed by atoms with van der Waals surface area (Å²) in [4.78, 5) is 21.9. The van der Waals surface area contributed by atoms with Crippen LogP contribution >= 0.6 is 0 Å². The number of non-ortho nitro benzene ring substituents is 2. The van der Waals surface area contributed by atoms with Gasteiger partial charge in [0.15, 0.2) is 11.6 Å². The molecule has 2 spiro atoms. The molecule has 4 aliphatic rings. The number of nitrogens with zero attached hydrogens (tertiary/aromatic N) is 3. The van der Waals surface area contributed by atoms with E-state index in [-0.39, 0.29) is 27.9 Å². The minimum atomic E-state index is -0.570. The predicted octanol–water partition coefficient (Wildman–Crippen LogP) is 3.78. The number of rotatable bonds is 3. The zero-order chi connectivity index (χ0) is 27.7. The summed E-state index contributed by atoms with van der Waals surface area (Å²) >= 11 is 0. The highest BCUT2D eigenvalue weighted by Crippen LogP contribution is 2.33. The highest BCUT2D eigenvalue weighted by atomic mass is 19.1. The summed E-state index contributed by atoms with van der Waals surface area (Å²) in [6, 6.07) is 11.0. The van der Waals surface area contributed by atoms with Gasteiger partial charge in [-0.1, -0.05) is 0 Å². The van der Waals surface area contributed by atoms with Gasteiger partial charge in [-0.2, -0.15) is 0 Å². The zero-order valence-electron chi connectivity index (χ0n) is 21.6. The van der Waals surface area contributed by atoms with Gasteiger partial charge in [-0.05, 0) is 24.3 Å². The standard InChI is InChI=1S/C13H16N2O4.C7H13NO2.C6H4FNO2/c16-15(17)12-3-1-11(2-4-12)14-7-5-13(6-8-14)18-9-10-19-13;1-3-8-4-2-7(1)9-5-6-10-7;7-5-1-3-6(4-2-5)8(9)10/h1-4H,5-10H2;8H,1-6H2;1-4H. The lowest BCUT2D eigenvalue weighted by atomic mass is 10.0. The van der Waals surface area contributed by atoms with Gasteiger partial charge in [0, 0.05) is 81.8 Å². The van der Waals surface area contributed by atoms with Gasteiger partial charge in [0.1, 0.15) is 5.82 Å². The minimum Gasteiger partial charge on any atom is -0.371 e. The van der Waals surface area contributed by atoms with Gasteiger partial charge in [0.05, 0.1) is 36.3 Å². The van der Waals surface area contributed by atoms with Crippen molar-refractivity contribution in [3.8, 4) is 0 Å². The highest BCUT2D eigenvalue weighted by Gasteiger charge is 2.40. The molecule has 0 radical (unpaired) electrons. The second-order valence-corrected chi connectivity index (χ2v) is 9.46. The molecule has 12 nitrogen and oxygen atoms in total. The molecule has 4 aliphatic heterocycles. The Bertz CT molecular complexity index is 1070. The molecule has 0 saturated carbocycles. The van der Waals surface area contributed by atoms with Gasteiger partial charge in [0.2, 0.25) is 0 Å². The second-order valence-electron chi connectivity index (χ2n) is 9.46. The van der Waals surface area contributed by atoms with Crippen LogP contribution in [0.4, 0.5) is 21.5 Å². The average molecular weight is 549 g/mol. The number of benzene rings is 2. The molecule has 0 bridgehead atoms. The largest absolute Gasteiger partial charge is 0.371 e. The summed E-state index contributed by atoms with van der Waals surface area (Å²) in [6.45, 7) is 6.66. The number of halogens is 1. The molecular formula is C26H33FN4O8.